The highest BCUT2D eigenvalue weighted by Crippen LogP contribution is 2.30. The maximum atomic E-state index is 14.3. The zero-order valence-electron chi connectivity index (χ0n) is 13.2. The molecule has 112 valence electrons. The molecule has 0 unspecified atom stereocenters. The third-order valence-corrected chi connectivity index (χ3v) is 3.36. The van der Waals surface area contributed by atoms with Crippen LogP contribution < -0.4 is 10.2 Å². The molecule has 0 bridgehead atoms. The molecule has 0 aromatic heterocycles. The quantitative estimate of drug-likeness (QED) is 0.891. The lowest BCUT2D eigenvalue weighted by Crippen LogP contribution is -2.35. The summed E-state index contributed by atoms with van der Waals surface area (Å²) in [6, 6.07) is 15.1. The number of hydrogen-bond donors (Lipinski definition) is 1. The van der Waals surface area contributed by atoms with Gasteiger partial charge < -0.3 is 10.2 Å². The van der Waals surface area contributed by atoms with Crippen molar-refractivity contribution in [2.45, 2.75) is 32.9 Å². The van der Waals surface area contributed by atoms with Gasteiger partial charge in [-0.15, -0.1) is 0 Å². The van der Waals surface area contributed by atoms with Crippen LogP contribution in [-0.4, -0.2) is 12.6 Å². The summed E-state index contributed by atoms with van der Waals surface area (Å²) in [6.45, 7) is 6.94. The van der Waals surface area contributed by atoms with Gasteiger partial charge in [0, 0.05) is 24.8 Å². The minimum Gasteiger partial charge on any atom is -0.342 e. The summed E-state index contributed by atoms with van der Waals surface area (Å²) >= 11 is 0. The van der Waals surface area contributed by atoms with Gasteiger partial charge in [0.2, 0.25) is 0 Å². The number of benzene rings is 2. The summed E-state index contributed by atoms with van der Waals surface area (Å²) in [5.74, 6) is -0.199. The standard InChI is InChI=1S/C18H23FN2/c1-18(2,3)20-13-14-9-8-12-16(19)17(14)21(4)15-10-6-5-7-11-15/h5-12,20H,13H2,1-4H3. The van der Waals surface area contributed by atoms with Crippen LogP contribution in [0, 0.1) is 5.82 Å². The Balaban J connectivity index is 2.34. The fraction of sp³-hybridized carbons (Fsp3) is 0.333. The molecular formula is C18H23FN2. The van der Waals surface area contributed by atoms with Crippen LogP contribution in [0.1, 0.15) is 26.3 Å². The zero-order chi connectivity index (χ0) is 15.5. The predicted octanol–water partition coefficient (Wildman–Crippen LogP) is 4.48. The Morgan fingerprint density at radius 1 is 1.00 bits per heavy atom. The third-order valence-electron chi connectivity index (χ3n) is 3.36. The molecule has 2 aromatic rings. The Kier molecular flexibility index (Phi) is 4.63. The van der Waals surface area contributed by atoms with Gasteiger partial charge in [-0.25, -0.2) is 4.39 Å². The van der Waals surface area contributed by atoms with Gasteiger partial charge in [0.15, 0.2) is 0 Å². The van der Waals surface area contributed by atoms with Crippen molar-refractivity contribution < 1.29 is 4.39 Å². The molecule has 0 radical (unpaired) electrons. The van der Waals surface area contributed by atoms with Crippen LogP contribution in [0.4, 0.5) is 15.8 Å². The van der Waals surface area contributed by atoms with E-state index in [4.69, 9.17) is 0 Å². The number of nitrogens with zero attached hydrogens (tertiary/aromatic N) is 1. The van der Waals surface area contributed by atoms with E-state index in [0.717, 1.165) is 11.3 Å². The van der Waals surface area contributed by atoms with Crippen LogP contribution in [0.15, 0.2) is 48.5 Å². The number of nitrogens with one attached hydrogen (secondary N) is 1. The van der Waals surface area contributed by atoms with E-state index in [-0.39, 0.29) is 11.4 Å². The average molecular weight is 286 g/mol. The lowest BCUT2D eigenvalue weighted by Gasteiger charge is -2.26. The molecule has 2 nitrogen and oxygen atoms in total. The lowest BCUT2D eigenvalue weighted by molar-refractivity contribution is 0.424. The number of anilines is 2. The fourth-order valence-corrected chi connectivity index (χ4v) is 2.22. The summed E-state index contributed by atoms with van der Waals surface area (Å²) in [6.07, 6.45) is 0. The van der Waals surface area contributed by atoms with Gasteiger partial charge in [0.1, 0.15) is 5.82 Å². The first-order valence-electron chi connectivity index (χ1n) is 7.20. The summed E-state index contributed by atoms with van der Waals surface area (Å²) in [5, 5.41) is 3.42. The van der Waals surface area contributed by atoms with E-state index in [2.05, 4.69) is 26.1 Å². The highest BCUT2D eigenvalue weighted by atomic mass is 19.1. The van der Waals surface area contributed by atoms with Crippen molar-refractivity contribution in [3.63, 3.8) is 0 Å². The van der Waals surface area contributed by atoms with Crippen molar-refractivity contribution in [3.8, 4) is 0 Å². The first-order chi connectivity index (χ1) is 9.88. The van der Waals surface area contributed by atoms with Crippen LogP contribution in [0.2, 0.25) is 0 Å². The smallest absolute Gasteiger partial charge is 0.147 e. The molecule has 0 amide bonds. The van der Waals surface area contributed by atoms with Gasteiger partial charge in [-0.1, -0.05) is 30.3 Å². The molecule has 0 atom stereocenters. The number of rotatable bonds is 4. The monoisotopic (exact) mass is 286 g/mol. The minimum absolute atomic E-state index is 0.00505. The number of halogens is 1. The first-order valence-corrected chi connectivity index (χ1v) is 7.20. The summed E-state index contributed by atoms with van der Waals surface area (Å²) in [4.78, 5) is 1.90. The van der Waals surface area contributed by atoms with Gasteiger partial charge >= 0.3 is 0 Å². The van der Waals surface area contributed by atoms with E-state index in [1.807, 2.05) is 48.3 Å². The first kappa shape index (κ1) is 15.5. The van der Waals surface area contributed by atoms with E-state index in [0.29, 0.717) is 12.2 Å². The Bertz CT molecular complexity index is 588. The highest BCUT2D eigenvalue weighted by Gasteiger charge is 2.16. The van der Waals surface area contributed by atoms with E-state index in [1.165, 1.54) is 6.07 Å². The number of hydrogen-bond acceptors (Lipinski definition) is 2. The van der Waals surface area contributed by atoms with Crippen molar-refractivity contribution in [1.29, 1.82) is 0 Å². The van der Waals surface area contributed by atoms with Crippen molar-refractivity contribution >= 4 is 11.4 Å². The van der Waals surface area contributed by atoms with Crippen molar-refractivity contribution in [2.75, 3.05) is 11.9 Å². The van der Waals surface area contributed by atoms with Gasteiger partial charge in [-0.2, -0.15) is 0 Å². The van der Waals surface area contributed by atoms with Crippen LogP contribution >= 0.6 is 0 Å². The Morgan fingerprint density at radius 3 is 2.29 bits per heavy atom. The fourth-order valence-electron chi connectivity index (χ4n) is 2.22. The molecule has 21 heavy (non-hydrogen) atoms. The maximum absolute atomic E-state index is 14.3. The second kappa shape index (κ2) is 6.27. The zero-order valence-corrected chi connectivity index (χ0v) is 13.2. The van der Waals surface area contributed by atoms with Crippen LogP contribution in [0.3, 0.4) is 0 Å². The second-order valence-corrected chi connectivity index (χ2v) is 6.25. The van der Waals surface area contributed by atoms with Crippen molar-refractivity contribution in [2.24, 2.45) is 0 Å². The molecule has 0 heterocycles. The normalized spacial score (nSPS) is 11.5. The maximum Gasteiger partial charge on any atom is 0.147 e. The van der Waals surface area contributed by atoms with Crippen LogP contribution in [0.25, 0.3) is 0 Å². The molecule has 1 N–H and O–H groups in total. The molecule has 0 saturated heterocycles. The molecule has 3 heteroatoms. The molecule has 0 aliphatic rings. The van der Waals surface area contributed by atoms with Gasteiger partial charge in [0.25, 0.3) is 0 Å². The summed E-state index contributed by atoms with van der Waals surface area (Å²) in [7, 11) is 1.90. The largest absolute Gasteiger partial charge is 0.342 e. The number of para-hydroxylation sites is 2. The second-order valence-electron chi connectivity index (χ2n) is 6.25. The lowest BCUT2D eigenvalue weighted by atomic mass is 10.1. The van der Waals surface area contributed by atoms with Crippen LogP contribution in [0.5, 0.6) is 0 Å². The molecular weight excluding hydrogens is 263 g/mol. The average Bonchev–Trinajstić information content (AvgIpc) is 2.44. The van der Waals surface area contributed by atoms with E-state index in [9.17, 15) is 4.39 Å². The van der Waals surface area contributed by atoms with Crippen molar-refractivity contribution in [1.82, 2.24) is 5.32 Å². The highest BCUT2D eigenvalue weighted by molar-refractivity contribution is 5.66. The topological polar surface area (TPSA) is 15.3 Å². The summed E-state index contributed by atoms with van der Waals surface area (Å²) in [5.41, 5.74) is 2.55. The Hall–Kier alpha value is -1.87. The molecule has 0 aliphatic carbocycles. The predicted molar refractivity (Wildman–Crippen MR) is 87.5 cm³/mol. The van der Waals surface area contributed by atoms with E-state index in [1.54, 1.807) is 6.07 Å². The van der Waals surface area contributed by atoms with Crippen molar-refractivity contribution in [3.05, 3.63) is 59.9 Å². The van der Waals surface area contributed by atoms with Crippen LogP contribution in [-0.2, 0) is 6.54 Å². The Labute approximate surface area is 126 Å². The minimum atomic E-state index is -0.199. The molecule has 0 saturated carbocycles. The van der Waals surface area contributed by atoms with Gasteiger partial charge in [-0.05, 0) is 44.5 Å². The van der Waals surface area contributed by atoms with E-state index >= 15 is 0 Å². The van der Waals surface area contributed by atoms with Gasteiger partial charge in [-0.3, -0.25) is 0 Å². The summed E-state index contributed by atoms with van der Waals surface area (Å²) < 4.78 is 14.3. The molecule has 0 spiro atoms. The molecule has 0 fully saturated rings. The molecule has 2 aromatic carbocycles. The molecule has 0 aliphatic heterocycles. The van der Waals surface area contributed by atoms with E-state index < -0.39 is 0 Å². The molecule has 2 rings (SSSR count). The Morgan fingerprint density at radius 2 is 1.67 bits per heavy atom. The van der Waals surface area contributed by atoms with Gasteiger partial charge in [0.05, 0.1) is 5.69 Å². The third kappa shape index (κ3) is 4.05. The SMILES string of the molecule is CN(c1ccccc1)c1c(F)cccc1CNC(C)(C)C.